The molecule has 0 saturated carbocycles. The van der Waals surface area contributed by atoms with Crippen LogP contribution in [0.25, 0.3) is 17.5 Å². The SMILES string of the molecule is CC1(O)CCN(c2ccc(N=C(C=C(N)c3ccc(F)c(NC(=O)c4c/c5c(s4)=C=CC/C=C\C/C=5)c3)C(N)=O)nc2)C1. The van der Waals surface area contributed by atoms with Crippen molar-refractivity contribution in [3.8, 4) is 0 Å². The van der Waals surface area contributed by atoms with Crippen LogP contribution >= 0.6 is 11.3 Å². The first-order chi connectivity index (χ1) is 20.6. The van der Waals surface area contributed by atoms with Gasteiger partial charge < -0.3 is 26.8 Å². The van der Waals surface area contributed by atoms with Gasteiger partial charge in [0, 0.05) is 18.8 Å². The van der Waals surface area contributed by atoms with Crippen LogP contribution < -0.4 is 31.4 Å². The van der Waals surface area contributed by atoms with Crippen LogP contribution in [0.1, 0.15) is 41.4 Å². The van der Waals surface area contributed by atoms with Crippen molar-refractivity contribution in [2.24, 2.45) is 16.5 Å². The second kappa shape index (κ2) is 12.6. The summed E-state index contributed by atoms with van der Waals surface area (Å²) in [5.74, 6) is -1.71. The molecular weight excluding hydrogens is 567 g/mol. The molecule has 1 atom stereocenters. The number of hydrogen-bond acceptors (Lipinski definition) is 8. The topological polar surface area (TPSA) is 147 Å². The molecule has 2 aromatic heterocycles. The third-order valence-corrected chi connectivity index (χ3v) is 8.07. The third kappa shape index (κ3) is 7.34. The molecule has 220 valence electrons. The summed E-state index contributed by atoms with van der Waals surface area (Å²) in [7, 11) is 0. The number of aliphatic hydroxyl groups is 1. The standard InChI is InChI=1S/C32H31FN6O3S/c1-32(42)13-14-39(19-32)22-10-12-29(36-18-22)37-26(30(35)40)17-24(34)20-9-11-23(33)25(15-20)38-31(41)28-16-21-7-5-3-2-4-6-8-27(21)43-28/h2-3,6-7,9-12,15-18,42H,4-5,13-14,19,34H2,1H3,(H2,35,40)(H,38,41)/b3-2-,21-7+,24-17?,37-26?. The number of amides is 2. The zero-order chi connectivity index (χ0) is 30.6. The summed E-state index contributed by atoms with van der Waals surface area (Å²) >= 11 is 1.27. The number of benzene rings is 1. The molecular formula is C32H31FN6O3S. The van der Waals surface area contributed by atoms with Gasteiger partial charge in [-0.3, -0.25) is 9.59 Å². The Hall–Kier alpha value is -4.83. The summed E-state index contributed by atoms with van der Waals surface area (Å²) in [6, 6.07) is 9.18. The van der Waals surface area contributed by atoms with Gasteiger partial charge >= 0.3 is 0 Å². The Labute approximate surface area is 251 Å². The third-order valence-electron chi connectivity index (χ3n) is 6.99. The number of pyridine rings is 1. The molecule has 3 heterocycles. The van der Waals surface area contributed by atoms with Crippen molar-refractivity contribution < 1.29 is 19.1 Å². The van der Waals surface area contributed by atoms with Crippen LogP contribution in [0.15, 0.2) is 71.9 Å². The number of carbonyl (C=O) groups is 2. The molecule has 0 spiro atoms. The lowest BCUT2D eigenvalue weighted by molar-refractivity contribution is -0.111. The van der Waals surface area contributed by atoms with E-state index in [0.29, 0.717) is 30.0 Å². The van der Waals surface area contributed by atoms with Gasteiger partial charge in [-0.05, 0) is 85.5 Å². The fourth-order valence-electron chi connectivity index (χ4n) is 4.68. The van der Waals surface area contributed by atoms with Gasteiger partial charge in [0.2, 0.25) is 0 Å². The highest BCUT2D eigenvalue weighted by atomic mass is 32.1. The van der Waals surface area contributed by atoms with Gasteiger partial charge in [-0.2, -0.15) is 0 Å². The second-order valence-corrected chi connectivity index (χ2v) is 11.6. The summed E-state index contributed by atoms with van der Waals surface area (Å²) in [5, 5.41) is 13.7. The molecule has 1 aromatic carbocycles. The highest BCUT2D eigenvalue weighted by Gasteiger charge is 2.31. The van der Waals surface area contributed by atoms with Gasteiger partial charge in [0.1, 0.15) is 11.5 Å². The van der Waals surface area contributed by atoms with Gasteiger partial charge in [-0.15, -0.1) is 17.1 Å². The van der Waals surface area contributed by atoms with Crippen molar-refractivity contribution >= 4 is 63.6 Å². The maximum absolute atomic E-state index is 14.7. The molecule has 1 saturated heterocycles. The number of carbonyl (C=O) groups excluding carboxylic acids is 2. The minimum Gasteiger partial charge on any atom is -0.398 e. The molecule has 3 aromatic rings. The molecule has 1 aliphatic heterocycles. The Morgan fingerprint density at radius 2 is 2.02 bits per heavy atom. The molecule has 43 heavy (non-hydrogen) atoms. The molecule has 0 bridgehead atoms. The summed E-state index contributed by atoms with van der Waals surface area (Å²) in [6.45, 7) is 2.98. The van der Waals surface area contributed by atoms with E-state index in [9.17, 15) is 19.1 Å². The molecule has 2 aliphatic rings. The van der Waals surface area contributed by atoms with Crippen LogP contribution in [0.5, 0.6) is 0 Å². The molecule has 6 N–H and O–H groups in total. The van der Waals surface area contributed by atoms with Crippen molar-refractivity contribution in [3.05, 3.63) is 92.9 Å². The number of nitrogens with two attached hydrogens (primary N) is 2. The molecule has 5 rings (SSSR count). The molecule has 2 amide bonds. The van der Waals surface area contributed by atoms with E-state index in [1.807, 2.05) is 23.1 Å². The largest absolute Gasteiger partial charge is 0.398 e. The van der Waals surface area contributed by atoms with Gasteiger partial charge in [-0.1, -0.05) is 18.2 Å². The molecule has 0 radical (unpaired) electrons. The fraction of sp³-hybridized carbons (Fsp3) is 0.219. The number of primary amides is 1. The molecule has 1 aliphatic carbocycles. The van der Waals surface area contributed by atoms with E-state index in [2.05, 4.69) is 27.1 Å². The number of halogens is 1. The number of rotatable bonds is 7. The first kappa shape index (κ1) is 29.7. The van der Waals surface area contributed by atoms with Crippen LogP contribution in [0.3, 0.4) is 0 Å². The van der Waals surface area contributed by atoms with Crippen LogP contribution in [-0.4, -0.2) is 46.3 Å². The normalized spacial score (nSPS) is 20.2. The summed E-state index contributed by atoms with van der Waals surface area (Å²) in [5.41, 5.74) is 15.3. The number of thiophene rings is 1. The summed E-state index contributed by atoms with van der Waals surface area (Å²) in [6.07, 6.45) is 13.1. The van der Waals surface area contributed by atoms with Crippen LogP contribution in [-0.2, 0) is 4.79 Å². The number of aliphatic imine (C=N–C) groups is 1. The fourth-order valence-corrected chi connectivity index (χ4v) is 5.63. The summed E-state index contributed by atoms with van der Waals surface area (Å²) < 4.78 is 15.6. The Kier molecular flexibility index (Phi) is 8.68. The average molecular weight is 599 g/mol. The van der Waals surface area contributed by atoms with E-state index in [1.54, 1.807) is 31.3 Å². The number of nitrogens with zero attached hydrogens (tertiary/aromatic N) is 3. The predicted octanol–water partition coefficient (Wildman–Crippen LogP) is 3.12. The Bertz CT molecular complexity index is 1820. The van der Waals surface area contributed by atoms with Crippen molar-refractivity contribution in [3.63, 3.8) is 0 Å². The average Bonchev–Trinajstić information content (AvgIpc) is 3.57. The minimum atomic E-state index is -0.831. The predicted molar refractivity (Wildman–Crippen MR) is 169 cm³/mol. The number of fused-ring (bicyclic) bond motifs is 1. The maximum Gasteiger partial charge on any atom is 0.267 e. The van der Waals surface area contributed by atoms with Gasteiger partial charge in [0.05, 0.1) is 32.6 Å². The maximum atomic E-state index is 14.7. The highest BCUT2D eigenvalue weighted by Crippen LogP contribution is 2.27. The molecule has 1 fully saturated rings. The highest BCUT2D eigenvalue weighted by molar-refractivity contribution is 7.12. The Morgan fingerprint density at radius 1 is 1.21 bits per heavy atom. The van der Waals surface area contributed by atoms with Crippen LogP contribution in [0, 0.1) is 5.82 Å². The van der Waals surface area contributed by atoms with Crippen molar-refractivity contribution in [1.29, 1.82) is 0 Å². The summed E-state index contributed by atoms with van der Waals surface area (Å²) in [4.78, 5) is 36.2. The lowest BCUT2D eigenvalue weighted by Gasteiger charge is -2.20. The monoisotopic (exact) mass is 598 g/mol. The van der Waals surface area contributed by atoms with Crippen molar-refractivity contribution in [1.82, 2.24) is 4.98 Å². The smallest absolute Gasteiger partial charge is 0.267 e. The van der Waals surface area contributed by atoms with E-state index in [-0.39, 0.29) is 22.9 Å². The van der Waals surface area contributed by atoms with E-state index in [1.165, 1.54) is 35.6 Å². The van der Waals surface area contributed by atoms with Gasteiger partial charge in [0.15, 0.2) is 5.82 Å². The quantitative estimate of drug-likeness (QED) is 0.243. The zero-order valence-electron chi connectivity index (χ0n) is 23.5. The first-order valence-corrected chi connectivity index (χ1v) is 14.5. The van der Waals surface area contributed by atoms with Gasteiger partial charge in [-0.25, -0.2) is 14.4 Å². The number of β-amino-alcohol motifs (C(OH)–C–C–N with tert-alkyl or cyclic N) is 1. The number of hydrogen-bond donors (Lipinski definition) is 4. The lowest BCUT2D eigenvalue weighted by Crippen LogP contribution is -2.29. The Balaban J connectivity index is 1.35. The van der Waals surface area contributed by atoms with Crippen molar-refractivity contribution in [2.75, 3.05) is 23.3 Å². The number of nitrogens with one attached hydrogen (secondary N) is 1. The van der Waals surface area contributed by atoms with E-state index < -0.39 is 23.2 Å². The van der Waals surface area contributed by atoms with Crippen molar-refractivity contribution in [2.45, 2.75) is 31.8 Å². The molecule has 9 nitrogen and oxygen atoms in total. The van der Waals surface area contributed by atoms with Crippen LogP contribution in [0.2, 0.25) is 0 Å². The van der Waals surface area contributed by atoms with E-state index in [0.717, 1.165) is 28.3 Å². The minimum absolute atomic E-state index is 0.0707. The number of aromatic nitrogens is 1. The number of allylic oxidation sites excluding steroid dienone is 3. The lowest BCUT2D eigenvalue weighted by atomic mass is 10.1. The molecule has 1 unspecified atom stereocenters. The second-order valence-electron chi connectivity index (χ2n) is 10.5. The first-order valence-electron chi connectivity index (χ1n) is 13.7. The van der Waals surface area contributed by atoms with E-state index in [4.69, 9.17) is 11.5 Å². The van der Waals surface area contributed by atoms with Gasteiger partial charge in [0.25, 0.3) is 11.8 Å². The Morgan fingerprint density at radius 3 is 2.74 bits per heavy atom. The van der Waals surface area contributed by atoms with E-state index >= 15 is 0 Å². The molecule has 11 heteroatoms. The van der Waals surface area contributed by atoms with Crippen LogP contribution in [0.4, 0.5) is 21.6 Å². The zero-order valence-corrected chi connectivity index (χ0v) is 24.3. The number of anilines is 2.